The molecule has 1 saturated heterocycles. The van der Waals surface area contributed by atoms with E-state index in [1.54, 1.807) is 0 Å². The number of aromatic amines is 1. The molecule has 1 atom stereocenters. The quantitative estimate of drug-likeness (QED) is 0.844. The lowest BCUT2D eigenvalue weighted by atomic mass is 9.93. The molecule has 122 valence electrons. The van der Waals surface area contributed by atoms with E-state index < -0.39 is 0 Å². The van der Waals surface area contributed by atoms with Gasteiger partial charge >= 0.3 is 0 Å². The van der Waals surface area contributed by atoms with Gasteiger partial charge in [0.15, 0.2) is 0 Å². The maximum atomic E-state index is 4.09. The molecule has 2 heterocycles. The first kappa shape index (κ1) is 14.8. The van der Waals surface area contributed by atoms with Gasteiger partial charge in [-0.15, -0.1) is 0 Å². The van der Waals surface area contributed by atoms with Crippen LogP contribution in [0, 0.1) is 5.92 Å². The van der Waals surface area contributed by atoms with Gasteiger partial charge in [-0.3, -0.25) is 5.10 Å². The monoisotopic (exact) mass is 310 g/mol. The first-order valence-electron chi connectivity index (χ1n) is 8.94. The minimum Gasteiger partial charge on any atom is -0.382 e. The van der Waals surface area contributed by atoms with Gasteiger partial charge in [0.25, 0.3) is 0 Å². The Kier molecular flexibility index (Phi) is 4.33. The highest BCUT2D eigenvalue weighted by atomic mass is 15.1. The Hall–Kier alpha value is -1.81. The van der Waals surface area contributed by atoms with Crippen molar-refractivity contribution in [3.05, 3.63) is 36.5 Å². The summed E-state index contributed by atoms with van der Waals surface area (Å²) in [5.74, 6) is 0.882. The first-order valence-corrected chi connectivity index (χ1v) is 8.94. The molecule has 0 spiro atoms. The van der Waals surface area contributed by atoms with Crippen LogP contribution in [0.2, 0.25) is 0 Å². The number of H-pyrrole nitrogens is 1. The molecule has 0 radical (unpaired) electrons. The van der Waals surface area contributed by atoms with Crippen molar-refractivity contribution in [3.8, 4) is 0 Å². The SMILES string of the molecule is C1=CCC(CN2CCC(Nc3ccc4[nH]ncc4c3)CC2)CC1. The highest BCUT2D eigenvalue weighted by Gasteiger charge is 2.21. The van der Waals surface area contributed by atoms with Gasteiger partial charge in [0.05, 0.1) is 11.7 Å². The minimum atomic E-state index is 0.599. The molecule has 1 aromatic carbocycles. The summed E-state index contributed by atoms with van der Waals surface area (Å²) < 4.78 is 0. The third-order valence-corrected chi connectivity index (χ3v) is 5.29. The van der Waals surface area contributed by atoms with E-state index in [1.807, 2.05) is 6.20 Å². The second-order valence-corrected chi connectivity index (χ2v) is 7.04. The molecule has 2 aromatic rings. The van der Waals surface area contributed by atoms with Gasteiger partial charge in [-0.1, -0.05) is 12.2 Å². The average Bonchev–Trinajstić information content (AvgIpc) is 3.05. The molecule has 2 aliphatic rings. The number of likely N-dealkylation sites (tertiary alicyclic amines) is 1. The normalized spacial score (nSPS) is 23.4. The van der Waals surface area contributed by atoms with Crippen LogP contribution in [0.15, 0.2) is 36.5 Å². The zero-order valence-corrected chi connectivity index (χ0v) is 13.7. The second-order valence-electron chi connectivity index (χ2n) is 7.04. The van der Waals surface area contributed by atoms with Crippen molar-refractivity contribution in [1.82, 2.24) is 15.1 Å². The topological polar surface area (TPSA) is 44.0 Å². The lowest BCUT2D eigenvalue weighted by molar-refractivity contribution is 0.183. The van der Waals surface area contributed by atoms with E-state index in [9.17, 15) is 0 Å². The molecule has 2 N–H and O–H groups in total. The molecular weight excluding hydrogens is 284 g/mol. The lowest BCUT2D eigenvalue weighted by Crippen LogP contribution is -2.41. The van der Waals surface area contributed by atoms with E-state index in [0.717, 1.165) is 11.4 Å². The third-order valence-electron chi connectivity index (χ3n) is 5.29. The minimum absolute atomic E-state index is 0.599. The van der Waals surface area contributed by atoms with Crippen molar-refractivity contribution < 1.29 is 0 Å². The second kappa shape index (κ2) is 6.75. The molecule has 23 heavy (non-hydrogen) atoms. The molecule has 1 aliphatic heterocycles. The number of nitrogens with zero attached hydrogens (tertiary/aromatic N) is 2. The summed E-state index contributed by atoms with van der Waals surface area (Å²) in [6, 6.07) is 7.05. The first-order chi connectivity index (χ1) is 11.4. The van der Waals surface area contributed by atoms with Crippen LogP contribution in [-0.2, 0) is 0 Å². The fourth-order valence-electron chi connectivity index (χ4n) is 3.92. The Morgan fingerprint density at radius 1 is 1.17 bits per heavy atom. The number of benzene rings is 1. The average molecular weight is 310 g/mol. The van der Waals surface area contributed by atoms with Crippen molar-refractivity contribution in [2.75, 3.05) is 25.0 Å². The molecule has 4 heteroatoms. The number of nitrogens with one attached hydrogen (secondary N) is 2. The summed E-state index contributed by atoms with van der Waals surface area (Å²) in [6.07, 6.45) is 13.0. The largest absolute Gasteiger partial charge is 0.382 e. The number of piperidine rings is 1. The van der Waals surface area contributed by atoms with E-state index in [-0.39, 0.29) is 0 Å². The Balaban J connectivity index is 1.28. The number of hydrogen-bond acceptors (Lipinski definition) is 3. The maximum absolute atomic E-state index is 4.09. The number of anilines is 1. The van der Waals surface area contributed by atoms with Gasteiger partial charge in [-0.2, -0.15) is 5.10 Å². The Morgan fingerprint density at radius 2 is 2.09 bits per heavy atom. The van der Waals surface area contributed by atoms with Crippen molar-refractivity contribution in [2.24, 2.45) is 5.92 Å². The molecular formula is C19H26N4. The van der Waals surface area contributed by atoms with E-state index in [1.165, 1.54) is 62.8 Å². The van der Waals surface area contributed by atoms with Crippen molar-refractivity contribution in [1.29, 1.82) is 0 Å². The van der Waals surface area contributed by atoms with Crippen LogP contribution < -0.4 is 5.32 Å². The summed E-state index contributed by atoms with van der Waals surface area (Å²) >= 11 is 0. The van der Waals surface area contributed by atoms with Crippen LogP contribution in [0.1, 0.15) is 32.1 Å². The van der Waals surface area contributed by atoms with Gasteiger partial charge < -0.3 is 10.2 Å². The van der Waals surface area contributed by atoms with Gasteiger partial charge in [0, 0.05) is 36.7 Å². The molecule has 0 saturated carbocycles. The summed E-state index contributed by atoms with van der Waals surface area (Å²) in [6.45, 7) is 3.75. The summed E-state index contributed by atoms with van der Waals surface area (Å²) in [7, 11) is 0. The van der Waals surface area contributed by atoms with E-state index >= 15 is 0 Å². The standard InChI is InChI=1S/C19H26N4/c1-2-4-15(5-3-1)14-23-10-8-17(9-11-23)21-18-6-7-19-16(12-18)13-20-22-19/h1-2,6-7,12-13,15,17,21H,3-5,8-11,14H2,(H,20,22). The van der Waals surface area contributed by atoms with E-state index in [2.05, 4.69) is 50.8 Å². The van der Waals surface area contributed by atoms with Crippen molar-refractivity contribution >= 4 is 16.6 Å². The predicted octanol–water partition coefficient (Wildman–Crippen LogP) is 3.80. The summed E-state index contributed by atoms with van der Waals surface area (Å²) in [5.41, 5.74) is 2.32. The molecule has 1 unspecified atom stereocenters. The molecule has 4 rings (SSSR count). The Morgan fingerprint density at radius 3 is 2.91 bits per heavy atom. The fourth-order valence-corrected chi connectivity index (χ4v) is 3.92. The molecule has 1 aliphatic carbocycles. The zero-order chi connectivity index (χ0) is 15.5. The highest BCUT2D eigenvalue weighted by Crippen LogP contribution is 2.23. The number of allylic oxidation sites excluding steroid dienone is 2. The zero-order valence-electron chi connectivity index (χ0n) is 13.7. The molecule has 1 aromatic heterocycles. The molecule has 4 nitrogen and oxygen atoms in total. The Bertz CT molecular complexity index is 667. The molecule has 0 bridgehead atoms. The molecule has 0 amide bonds. The number of aromatic nitrogens is 2. The predicted molar refractivity (Wildman–Crippen MR) is 95.7 cm³/mol. The maximum Gasteiger partial charge on any atom is 0.0651 e. The van der Waals surface area contributed by atoms with Crippen LogP contribution in [0.5, 0.6) is 0 Å². The molecule has 1 fully saturated rings. The highest BCUT2D eigenvalue weighted by molar-refractivity contribution is 5.81. The fraction of sp³-hybridized carbons (Fsp3) is 0.526. The van der Waals surface area contributed by atoms with Gasteiger partial charge in [0.1, 0.15) is 0 Å². The van der Waals surface area contributed by atoms with Gasteiger partial charge in [-0.25, -0.2) is 0 Å². The van der Waals surface area contributed by atoms with Crippen LogP contribution in [-0.4, -0.2) is 40.8 Å². The van der Waals surface area contributed by atoms with E-state index in [4.69, 9.17) is 0 Å². The summed E-state index contributed by atoms with van der Waals surface area (Å²) in [5, 5.41) is 12.0. The van der Waals surface area contributed by atoms with E-state index in [0.29, 0.717) is 6.04 Å². The van der Waals surface area contributed by atoms with Crippen LogP contribution >= 0.6 is 0 Å². The number of fused-ring (bicyclic) bond motifs is 1. The lowest BCUT2D eigenvalue weighted by Gasteiger charge is -2.35. The summed E-state index contributed by atoms with van der Waals surface area (Å²) in [4.78, 5) is 2.67. The van der Waals surface area contributed by atoms with Crippen LogP contribution in [0.4, 0.5) is 5.69 Å². The van der Waals surface area contributed by atoms with Crippen molar-refractivity contribution in [2.45, 2.75) is 38.1 Å². The Labute approximate surface area is 137 Å². The number of hydrogen-bond donors (Lipinski definition) is 2. The third kappa shape index (κ3) is 3.58. The van der Waals surface area contributed by atoms with Gasteiger partial charge in [-0.05, 0) is 56.2 Å². The van der Waals surface area contributed by atoms with Crippen LogP contribution in [0.3, 0.4) is 0 Å². The smallest absolute Gasteiger partial charge is 0.0651 e. The van der Waals surface area contributed by atoms with Crippen LogP contribution in [0.25, 0.3) is 10.9 Å². The number of rotatable bonds is 4. The van der Waals surface area contributed by atoms with Gasteiger partial charge in [0.2, 0.25) is 0 Å². The van der Waals surface area contributed by atoms with Crippen molar-refractivity contribution in [3.63, 3.8) is 0 Å².